The molecule has 66 valence electrons. The van der Waals surface area contributed by atoms with Crippen molar-refractivity contribution in [1.29, 1.82) is 0 Å². The van der Waals surface area contributed by atoms with Crippen LogP contribution in [0.1, 0.15) is 18.9 Å². The maximum atomic E-state index is 5.62. The number of nitrogen functional groups attached to an aromatic ring is 1. The van der Waals surface area contributed by atoms with Gasteiger partial charge in [0.2, 0.25) is 0 Å². The highest BCUT2D eigenvalue weighted by molar-refractivity contribution is 5.76. The number of pyridine rings is 1. The van der Waals surface area contributed by atoms with Crippen molar-refractivity contribution in [1.82, 2.24) is 14.8 Å². The van der Waals surface area contributed by atoms with Crippen LogP contribution in [0.15, 0.2) is 18.3 Å². The number of nitrogens with zero attached hydrogens (tertiary/aromatic N) is 3. The van der Waals surface area contributed by atoms with E-state index < -0.39 is 0 Å². The second-order valence-corrected chi connectivity index (χ2v) is 3.47. The Kier molecular flexibility index (Phi) is 1.17. The molecule has 1 saturated carbocycles. The summed E-state index contributed by atoms with van der Waals surface area (Å²) >= 11 is 0. The fourth-order valence-corrected chi connectivity index (χ4v) is 1.52. The lowest BCUT2D eigenvalue weighted by Crippen LogP contribution is -1.98. The van der Waals surface area contributed by atoms with Crippen LogP contribution in [0.4, 0.5) is 5.82 Å². The predicted octanol–water partition coefficient (Wildman–Crippen LogP) is 1.35. The second-order valence-electron chi connectivity index (χ2n) is 3.47. The van der Waals surface area contributed by atoms with Crippen LogP contribution in [0, 0.1) is 0 Å². The van der Waals surface area contributed by atoms with E-state index in [0.29, 0.717) is 11.9 Å². The molecule has 2 aromatic heterocycles. The van der Waals surface area contributed by atoms with Crippen molar-refractivity contribution in [2.75, 3.05) is 5.73 Å². The zero-order valence-corrected chi connectivity index (χ0v) is 7.14. The molecule has 3 rings (SSSR count). The molecule has 1 fully saturated rings. The van der Waals surface area contributed by atoms with E-state index in [2.05, 4.69) is 10.1 Å². The van der Waals surface area contributed by atoms with E-state index in [1.807, 2.05) is 16.9 Å². The zero-order chi connectivity index (χ0) is 8.84. The van der Waals surface area contributed by atoms with Crippen molar-refractivity contribution in [2.24, 2.45) is 0 Å². The van der Waals surface area contributed by atoms with Gasteiger partial charge in [0.1, 0.15) is 5.82 Å². The van der Waals surface area contributed by atoms with Gasteiger partial charge in [0.05, 0.1) is 12.2 Å². The Morgan fingerprint density at radius 3 is 3.00 bits per heavy atom. The molecule has 1 aliphatic rings. The van der Waals surface area contributed by atoms with E-state index in [1.165, 1.54) is 12.8 Å². The zero-order valence-electron chi connectivity index (χ0n) is 7.14. The molecule has 2 heterocycles. The third-order valence-corrected chi connectivity index (χ3v) is 2.36. The third-order valence-electron chi connectivity index (χ3n) is 2.36. The van der Waals surface area contributed by atoms with Gasteiger partial charge in [-0.1, -0.05) is 0 Å². The molecule has 0 radical (unpaired) electrons. The molecule has 0 aromatic carbocycles. The Hall–Kier alpha value is -1.58. The van der Waals surface area contributed by atoms with Gasteiger partial charge in [-0.15, -0.1) is 0 Å². The lowest BCUT2D eigenvalue weighted by atomic mass is 10.3. The van der Waals surface area contributed by atoms with Crippen molar-refractivity contribution in [3.63, 3.8) is 0 Å². The molecule has 2 N–H and O–H groups in total. The maximum absolute atomic E-state index is 5.62. The number of fused-ring (bicyclic) bond motifs is 1. The first kappa shape index (κ1) is 6.88. The number of anilines is 1. The molecule has 0 spiro atoms. The molecule has 0 amide bonds. The minimum atomic E-state index is 0.562. The molecule has 2 aromatic rings. The molecule has 4 heteroatoms. The maximum Gasteiger partial charge on any atom is 0.160 e. The lowest BCUT2D eigenvalue weighted by Gasteiger charge is -1.98. The van der Waals surface area contributed by atoms with Gasteiger partial charge < -0.3 is 5.73 Å². The Balaban J connectivity index is 2.29. The topological polar surface area (TPSA) is 56.7 Å². The molecular weight excluding hydrogens is 164 g/mol. The Bertz CT molecular complexity index is 456. The standard InChI is InChI=1S/C9H10N4/c10-8-4-1-6-5-11-13(7-2-3-7)9(6)12-8/h1,4-5,7H,2-3H2,(H2,10,12). The van der Waals surface area contributed by atoms with Crippen LogP contribution in [0.3, 0.4) is 0 Å². The monoisotopic (exact) mass is 174 g/mol. The van der Waals surface area contributed by atoms with E-state index in [4.69, 9.17) is 5.73 Å². The van der Waals surface area contributed by atoms with Crippen LogP contribution in [0.2, 0.25) is 0 Å². The summed E-state index contributed by atoms with van der Waals surface area (Å²) in [7, 11) is 0. The minimum absolute atomic E-state index is 0.562. The molecule has 0 unspecified atom stereocenters. The number of nitrogens with two attached hydrogens (primary N) is 1. The largest absolute Gasteiger partial charge is 0.384 e. The normalized spacial score (nSPS) is 16.6. The Labute approximate surface area is 75.4 Å². The average molecular weight is 174 g/mol. The fourth-order valence-electron chi connectivity index (χ4n) is 1.52. The van der Waals surface area contributed by atoms with E-state index >= 15 is 0 Å². The molecule has 0 saturated heterocycles. The van der Waals surface area contributed by atoms with Gasteiger partial charge in [0, 0.05) is 5.39 Å². The highest BCUT2D eigenvalue weighted by Gasteiger charge is 2.26. The van der Waals surface area contributed by atoms with E-state index in [-0.39, 0.29) is 0 Å². The van der Waals surface area contributed by atoms with Gasteiger partial charge in [-0.25, -0.2) is 9.67 Å². The quantitative estimate of drug-likeness (QED) is 0.709. The summed E-state index contributed by atoms with van der Waals surface area (Å²) < 4.78 is 1.98. The fraction of sp³-hybridized carbons (Fsp3) is 0.333. The van der Waals surface area contributed by atoms with Crippen LogP contribution in [-0.4, -0.2) is 14.8 Å². The van der Waals surface area contributed by atoms with Crippen LogP contribution in [-0.2, 0) is 0 Å². The lowest BCUT2D eigenvalue weighted by molar-refractivity contribution is 0.659. The van der Waals surface area contributed by atoms with Crippen LogP contribution >= 0.6 is 0 Å². The van der Waals surface area contributed by atoms with E-state index in [1.54, 1.807) is 6.07 Å². The van der Waals surface area contributed by atoms with Crippen LogP contribution < -0.4 is 5.73 Å². The summed E-state index contributed by atoms with van der Waals surface area (Å²) in [4.78, 5) is 4.28. The molecule has 0 aliphatic heterocycles. The minimum Gasteiger partial charge on any atom is -0.384 e. The third kappa shape index (κ3) is 0.983. The Morgan fingerprint density at radius 1 is 1.38 bits per heavy atom. The summed E-state index contributed by atoms with van der Waals surface area (Å²) in [6.07, 6.45) is 4.28. The number of rotatable bonds is 1. The van der Waals surface area contributed by atoms with Crippen LogP contribution in [0.25, 0.3) is 11.0 Å². The van der Waals surface area contributed by atoms with Gasteiger partial charge in [0.25, 0.3) is 0 Å². The molecule has 0 bridgehead atoms. The number of hydrogen-bond acceptors (Lipinski definition) is 3. The summed E-state index contributed by atoms with van der Waals surface area (Å²) in [5.41, 5.74) is 6.54. The Morgan fingerprint density at radius 2 is 2.23 bits per heavy atom. The van der Waals surface area contributed by atoms with Gasteiger partial charge >= 0.3 is 0 Å². The van der Waals surface area contributed by atoms with Gasteiger partial charge in [-0.05, 0) is 25.0 Å². The van der Waals surface area contributed by atoms with Gasteiger partial charge in [-0.3, -0.25) is 0 Å². The first-order valence-corrected chi connectivity index (χ1v) is 4.44. The first-order valence-electron chi connectivity index (χ1n) is 4.44. The van der Waals surface area contributed by atoms with Crippen molar-refractivity contribution < 1.29 is 0 Å². The molecule has 4 nitrogen and oxygen atoms in total. The van der Waals surface area contributed by atoms with Crippen molar-refractivity contribution in [3.05, 3.63) is 18.3 Å². The number of aromatic nitrogens is 3. The molecular formula is C9H10N4. The van der Waals surface area contributed by atoms with E-state index in [9.17, 15) is 0 Å². The highest BCUT2D eigenvalue weighted by Crippen LogP contribution is 2.36. The van der Waals surface area contributed by atoms with Crippen molar-refractivity contribution >= 4 is 16.9 Å². The smallest absolute Gasteiger partial charge is 0.160 e. The van der Waals surface area contributed by atoms with Crippen molar-refractivity contribution in [2.45, 2.75) is 18.9 Å². The summed E-state index contributed by atoms with van der Waals surface area (Å²) in [5.74, 6) is 0.565. The van der Waals surface area contributed by atoms with Gasteiger partial charge in [-0.2, -0.15) is 5.10 Å². The molecule has 13 heavy (non-hydrogen) atoms. The average Bonchev–Trinajstić information content (AvgIpc) is 2.87. The summed E-state index contributed by atoms with van der Waals surface area (Å²) in [5, 5.41) is 5.37. The predicted molar refractivity (Wildman–Crippen MR) is 50.2 cm³/mol. The highest BCUT2D eigenvalue weighted by atomic mass is 15.3. The van der Waals surface area contributed by atoms with Crippen LogP contribution in [0.5, 0.6) is 0 Å². The first-order chi connectivity index (χ1) is 6.34. The summed E-state index contributed by atoms with van der Waals surface area (Å²) in [6.45, 7) is 0. The number of hydrogen-bond donors (Lipinski definition) is 1. The van der Waals surface area contributed by atoms with Crippen molar-refractivity contribution in [3.8, 4) is 0 Å². The SMILES string of the molecule is Nc1ccc2cnn(C3CC3)c2n1. The summed E-state index contributed by atoms with van der Waals surface area (Å²) in [6, 6.07) is 4.33. The van der Waals surface area contributed by atoms with E-state index in [0.717, 1.165) is 11.0 Å². The molecule has 0 atom stereocenters. The van der Waals surface area contributed by atoms with Gasteiger partial charge in [0.15, 0.2) is 5.65 Å². The molecule has 1 aliphatic carbocycles. The second kappa shape index (κ2) is 2.22.